The van der Waals surface area contributed by atoms with Gasteiger partial charge in [0.2, 0.25) is 0 Å². The topological polar surface area (TPSA) is 38.3 Å². The first-order valence-corrected chi connectivity index (χ1v) is 8.65. The van der Waals surface area contributed by atoms with E-state index in [0.29, 0.717) is 0 Å². The number of nitrogens with one attached hydrogen (secondary N) is 1. The molecule has 1 aliphatic rings. The Labute approximate surface area is 147 Å². The summed E-state index contributed by atoms with van der Waals surface area (Å²) >= 11 is 0. The zero-order valence-corrected chi connectivity index (χ0v) is 14.6. The molecule has 0 saturated heterocycles. The molecule has 1 N–H and O–H groups in total. The van der Waals surface area contributed by atoms with Crippen LogP contribution in [-0.4, -0.2) is 12.5 Å². The summed E-state index contributed by atoms with van der Waals surface area (Å²) in [5, 5.41) is 5.43. The molecule has 0 heterocycles. The van der Waals surface area contributed by atoms with E-state index < -0.39 is 0 Å². The van der Waals surface area contributed by atoms with Gasteiger partial charge < -0.3 is 10.1 Å². The number of anilines is 1. The lowest BCUT2D eigenvalue weighted by atomic mass is 10.0. The molecule has 3 aromatic carbocycles. The second-order valence-corrected chi connectivity index (χ2v) is 6.72. The second-order valence-electron chi connectivity index (χ2n) is 6.72. The molecule has 0 spiro atoms. The fourth-order valence-electron chi connectivity index (χ4n) is 3.55. The van der Waals surface area contributed by atoms with Gasteiger partial charge in [-0.2, -0.15) is 0 Å². The minimum Gasteiger partial charge on any atom is -0.483 e. The summed E-state index contributed by atoms with van der Waals surface area (Å²) < 4.78 is 5.71. The number of carbonyl (C=O) groups excluding carboxylic acids is 1. The number of carbonyl (C=O) groups is 1. The van der Waals surface area contributed by atoms with Gasteiger partial charge in [0.1, 0.15) is 5.75 Å². The Morgan fingerprint density at radius 1 is 1.04 bits per heavy atom. The van der Waals surface area contributed by atoms with Crippen LogP contribution >= 0.6 is 0 Å². The highest BCUT2D eigenvalue weighted by Gasteiger charge is 2.16. The maximum atomic E-state index is 12.4. The number of benzene rings is 3. The Bertz CT molecular complexity index is 965. The monoisotopic (exact) mass is 331 g/mol. The molecular formula is C22H21NO2. The molecule has 3 aromatic rings. The van der Waals surface area contributed by atoms with E-state index in [0.717, 1.165) is 40.8 Å². The van der Waals surface area contributed by atoms with E-state index in [9.17, 15) is 4.79 Å². The quantitative estimate of drug-likeness (QED) is 0.760. The predicted molar refractivity (Wildman–Crippen MR) is 101 cm³/mol. The van der Waals surface area contributed by atoms with Crippen molar-refractivity contribution in [2.75, 3.05) is 11.9 Å². The molecule has 0 bridgehead atoms. The Morgan fingerprint density at radius 2 is 1.84 bits per heavy atom. The first kappa shape index (κ1) is 15.7. The molecular weight excluding hydrogens is 310 g/mol. The number of aryl methyl sites for hydroxylation is 4. The van der Waals surface area contributed by atoms with Crippen molar-refractivity contribution in [2.45, 2.75) is 26.7 Å². The molecule has 25 heavy (non-hydrogen) atoms. The van der Waals surface area contributed by atoms with Crippen molar-refractivity contribution in [2.24, 2.45) is 0 Å². The minimum absolute atomic E-state index is 0.00717. The van der Waals surface area contributed by atoms with Crippen LogP contribution in [0.1, 0.15) is 22.3 Å². The number of ether oxygens (including phenoxy) is 1. The molecule has 3 heteroatoms. The molecule has 0 fully saturated rings. The van der Waals surface area contributed by atoms with Crippen LogP contribution < -0.4 is 10.1 Å². The largest absolute Gasteiger partial charge is 0.483 e. The summed E-state index contributed by atoms with van der Waals surface area (Å²) in [6, 6.07) is 16.4. The van der Waals surface area contributed by atoms with E-state index in [1.165, 1.54) is 16.5 Å². The van der Waals surface area contributed by atoms with Crippen LogP contribution in [0.4, 0.5) is 5.69 Å². The van der Waals surface area contributed by atoms with Gasteiger partial charge in [-0.1, -0.05) is 36.4 Å². The lowest BCUT2D eigenvalue weighted by molar-refractivity contribution is -0.118. The third-order valence-electron chi connectivity index (χ3n) is 4.85. The summed E-state index contributed by atoms with van der Waals surface area (Å²) in [6.07, 6.45) is 2.17. The van der Waals surface area contributed by atoms with Gasteiger partial charge in [0.15, 0.2) is 6.61 Å². The predicted octanol–water partition coefficient (Wildman–Crippen LogP) is 4.57. The van der Waals surface area contributed by atoms with Gasteiger partial charge in [-0.3, -0.25) is 4.79 Å². The number of hydrogen-bond donors (Lipinski definition) is 1. The summed E-state index contributed by atoms with van der Waals surface area (Å²) in [4.78, 5) is 12.4. The molecule has 1 amide bonds. The highest BCUT2D eigenvalue weighted by atomic mass is 16.5. The van der Waals surface area contributed by atoms with Gasteiger partial charge in [-0.05, 0) is 66.5 Å². The Hall–Kier alpha value is -2.81. The van der Waals surface area contributed by atoms with Crippen molar-refractivity contribution in [3.8, 4) is 5.75 Å². The van der Waals surface area contributed by atoms with Crippen LogP contribution in [0.3, 0.4) is 0 Å². The summed E-state index contributed by atoms with van der Waals surface area (Å²) in [5.41, 5.74) is 5.75. The van der Waals surface area contributed by atoms with E-state index in [1.54, 1.807) is 0 Å². The van der Waals surface area contributed by atoms with Gasteiger partial charge in [0.05, 0.1) is 0 Å². The van der Waals surface area contributed by atoms with Crippen molar-refractivity contribution >= 4 is 22.4 Å². The summed E-state index contributed by atoms with van der Waals surface area (Å²) in [6.45, 7) is 4.00. The maximum absolute atomic E-state index is 12.4. The molecule has 0 atom stereocenters. The third-order valence-corrected chi connectivity index (χ3v) is 4.85. The summed E-state index contributed by atoms with van der Waals surface area (Å²) in [5.74, 6) is 0.621. The van der Waals surface area contributed by atoms with Crippen LogP contribution in [0.5, 0.6) is 5.75 Å². The Kier molecular flexibility index (Phi) is 3.92. The van der Waals surface area contributed by atoms with Gasteiger partial charge in [0.25, 0.3) is 5.91 Å². The fourth-order valence-corrected chi connectivity index (χ4v) is 3.55. The SMILES string of the molecule is Cc1ccc(C)c(OCC(=O)Nc2ccc3c4c(cccc24)CC3)c1. The molecule has 126 valence electrons. The normalized spacial score (nSPS) is 12.4. The van der Waals surface area contributed by atoms with E-state index in [-0.39, 0.29) is 12.5 Å². The molecule has 0 saturated carbocycles. The van der Waals surface area contributed by atoms with Crippen molar-refractivity contribution in [3.63, 3.8) is 0 Å². The van der Waals surface area contributed by atoms with Crippen molar-refractivity contribution in [1.29, 1.82) is 0 Å². The Morgan fingerprint density at radius 3 is 2.68 bits per heavy atom. The van der Waals surface area contributed by atoms with Gasteiger partial charge >= 0.3 is 0 Å². The van der Waals surface area contributed by atoms with E-state index in [2.05, 4.69) is 29.6 Å². The van der Waals surface area contributed by atoms with Crippen LogP contribution in [0.2, 0.25) is 0 Å². The Balaban J connectivity index is 1.52. The molecule has 0 unspecified atom stereocenters. The van der Waals surface area contributed by atoms with Crippen LogP contribution in [-0.2, 0) is 17.6 Å². The first-order valence-electron chi connectivity index (χ1n) is 8.65. The average Bonchev–Trinajstić information content (AvgIpc) is 3.03. The van der Waals surface area contributed by atoms with Crippen molar-refractivity contribution in [3.05, 3.63) is 70.8 Å². The fraction of sp³-hybridized carbons (Fsp3) is 0.227. The lowest BCUT2D eigenvalue weighted by Crippen LogP contribution is -2.20. The zero-order valence-electron chi connectivity index (χ0n) is 14.6. The van der Waals surface area contributed by atoms with Crippen LogP contribution in [0.15, 0.2) is 48.5 Å². The molecule has 0 aliphatic heterocycles. The van der Waals surface area contributed by atoms with Gasteiger partial charge in [0, 0.05) is 11.1 Å². The average molecular weight is 331 g/mol. The van der Waals surface area contributed by atoms with E-state index >= 15 is 0 Å². The lowest BCUT2D eigenvalue weighted by Gasteiger charge is -2.12. The van der Waals surface area contributed by atoms with Crippen molar-refractivity contribution < 1.29 is 9.53 Å². The van der Waals surface area contributed by atoms with Crippen molar-refractivity contribution in [1.82, 2.24) is 0 Å². The smallest absolute Gasteiger partial charge is 0.262 e. The molecule has 4 rings (SSSR count). The standard InChI is InChI=1S/C22H21NO2/c1-14-6-7-15(2)20(12-14)25-13-21(24)23-19-11-10-17-9-8-16-4-3-5-18(19)22(16)17/h3-7,10-12H,8-9,13H2,1-2H3,(H,23,24). The maximum Gasteiger partial charge on any atom is 0.262 e. The van der Waals surface area contributed by atoms with Gasteiger partial charge in [-0.25, -0.2) is 0 Å². The minimum atomic E-state index is -0.139. The number of rotatable bonds is 4. The first-order chi connectivity index (χ1) is 12.1. The third kappa shape index (κ3) is 2.98. The highest BCUT2D eigenvalue weighted by Crippen LogP contribution is 2.35. The zero-order chi connectivity index (χ0) is 17.4. The molecule has 3 nitrogen and oxygen atoms in total. The molecule has 1 aliphatic carbocycles. The van der Waals surface area contributed by atoms with Crippen LogP contribution in [0.25, 0.3) is 10.8 Å². The van der Waals surface area contributed by atoms with Crippen LogP contribution in [0, 0.1) is 13.8 Å². The second kappa shape index (κ2) is 6.25. The van der Waals surface area contributed by atoms with E-state index in [1.807, 2.05) is 38.1 Å². The highest BCUT2D eigenvalue weighted by molar-refractivity contribution is 6.05. The van der Waals surface area contributed by atoms with Gasteiger partial charge in [-0.15, -0.1) is 0 Å². The number of hydrogen-bond acceptors (Lipinski definition) is 2. The molecule has 0 aromatic heterocycles. The molecule has 0 radical (unpaired) electrons. The summed E-state index contributed by atoms with van der Waals surface area (Å²) in [7, 11) is 0. The number of amides is 1. The van der Waals surface area contributed by atoms with E-state index in [4.69, 9.17) is 4.74 Å².